The van der Waals surface area contributed by atoms with Gasteiger partial charge in [-0.25, -0.2) is 4.79 Å². The number of aliphatic hydroxyl groups excluding tert-OH is 1. The van der Waals surface area contributed by atoms with E-state index in [2.05, 4.69) is 20.8 Å². The van der Waals surface area contributed by atoms with E-state index >= 15 is 0 Å². The molecule has 24 heavy (non-hydrogen) atoms. The molecule has 1 fully saturated rings. The predicted octanol–water partition coefficient (Wildman–Crippen LogP) is 2.72. The summed E-state index contributed by atoms with van der Waals surface area (Å²) in [7, 11) is 0. The van der Waals surface area contributed by atoms with Crippen molar-refractivity contribution >= 4 is 11.7 Å². The molecule has 0 aliphatic heterocycles. The van der Waals surface area contributed by atoms with Gasteiger partial charge in [-0.2, -0.15) is 0 Å². The van der Waals surface area contributed by atoms with Crippen LogP contribution in [0.15, 0.2) is 28.7 Å². The molecule has 0 radical (unpaired) electrons. The first-order valence-corrected chi connectivity index (χ1v) is 8.23. The average molecular weight is 330 g/mol. The highest BCUT2D eigenvalue weighted by Crippen LogP contribution is 2.23. The van der Waals surface area contributed by atoms with Gasteiger partial charge in [0.2, 0.25) is 11.8 Å². The summed E-state index contributed by atoms with van der Waals surface area (Å²) < 4.78 is 5.36. The van der Waals surface area contributed by atoms with Crippen LogP contribution >= 0.6 is 0 Å². The SMILES string of the molecule is Cc1nnc(-c2ccc(NC(=O)NCC3CCCC(O)C3)cc2)o1. The lowest BCUT2D eigenvalue weighted by Crippen LogP contribution is -2.35. The molecule has 7 heteroatoms. The van der Waals surface area contributed by atoms with Gasteiger partial charge >= 0.3 is 6.03 Å². The van der Waals surface area contributed by atoms with E-state index in [4.69, 9.17) is 4.42 Å². The molecule has 1 heterocycles. The number of benzene rings is 1. The molecule has 1 saturated carbocycles. The molecule has 0 bridgehead atoms. The second kappa shape index (κ2) is 7.44. The summed E-state index contributed by atoms with van der Waals surface area (Å²) >= 11 is 0. The lowest BCUT2D eigenvalue weighted by Gasteiger charge is -2.25. The molecule has 2 atom stereocenters. The second-order valence-corrected chi connectivity index (χ2v) is 6.23. The Labute approximate surface area is 140 Å². The van der Waals surface area contributed by atoms with Crippen molar-refractivity contribution in [3.63, 3.8) is 0 Å². The fourth-order valence-corrected chi connectivity index (χ4v) is 2.97. The number of hydrogen-bond donors (Lipinski definition) is 3. The summed E-state index contributed by atoms with van der Waals surface area (Å²) in [6.45, 7) is 2.32. The van der Waals surface area contributed by atoms with E-state index in [9.17, 15) is 9.90 Å². The van der Waals surface area contributed by atoms with Crippen molar-refractivity contribution < 1.29 is 14.3 Å². The number of aryl methyl sites for hydroxylation is 1. The minimum atomic E-state index is -0.239. The van der Waals surface area contributed by atoms with E-state index in [0.717, 1.165) is 31.2 Å². The lowest BCUT2D eigenvalue weighted by atomic mass is 9.87. The summed E-state index contributed by atoms with van der Waals surface area (Å²) in [6, 6.07) is 6.98. The van der Waals surface area contributed by atoms with Crippen molar-refractivity contribution in [2.24, 2.45) is 5.92 Å². The topological polar surface area (TPSA) is 100 Å². The van der Waals surface area contributed by atoms with Crippen molar-refractivity contribution in [3.05, 3.63) is 30.2 Å². The Kier molecular flexibility index (Phi) is 5.10. The standard InChI is InChI=1S/C17H22N4O3/c1-11-20-21-16(24-11)13-5-7-14(8-6-13)19-17(23)18-10-12-3-2-4-15(22)9-12/h5-8,12,15,22H,2-4,9-10H2,1H3,(H2,18,19,23). The Hall–Kier alpha value is -2.41. The molecule has 7 nitrogen and oxygen atoms in total. The molecule has 2 aromatic rings. The maximum absolute atomic E-state index is 12.0. The van der Waals surface area contributed by atoms with Gasteiger partial charge in [-0.15, -0.1) is 10.2 Å². The molecule has 3 rings (SSSR count). The van der Waals surface area contributed by atoms with E-state index in [1.165, 1.54) is 0 Å². The van der Waals surface area contributed by atoms with Crippen LogP contribution in [0.5, 0.6) is 0 Å². The number of aliphatic hydroxyl groups is 1. The zero-order valence-electron chi connectivity index (χ0n) is 13.7. The number of aromatic nitrogens is 2. The highest BCUT2D eigenvalue weighted by atomic mass is 16.4. The van der Waals surface area contributed by atoms with Gasteiger partial charge in [0.25, 0.3) is 0 Å². The van der Waals surface area contributed by atoms with Crippen molar-refractivity contribution in [2.75, 3.05) is 11.9 Å². The minimum absolute atomic E-state index is 0.227. The summed E-state index contributed by atoms with van der Waals surface area (Å²) in [5.41, 5.74) is 1.49. The molecule has 2 unspecified atom stereocenters. The highest BCUT2D eigenvalue weighted by Gasteiger charge is 2.20. The summed E-state index contributed by atoms with van der Waals surface area (Å²) in [4.78, 5) is 12.0. The van der Waals surface area contributed by atoms with Gasteiger partial charge in [-0.1, -0.05) is 6.42 Å². The molecule has 0 spiro atoms. The maximum atomic E-state index is 12.0. The number of rotatable bonds is 4. The van der Waals surface area contributed by atoms with Crippen molar-refractivity contribution in [1.82, 2.24) is 15.5 Å². The van der Waals surface area contributed by atoms with Gasteiger partial charge in [-0.3, -0.25) is 0 Å². The summed E-state index contributed by atoms with van der Waals surface area (Å²) in [5.74, 6) is 1.32. The number of hydrogen-bond acceptors (Lipinski definition) is 5. The van der Waals surface area contributed by atoms with Gasteiger partial charge in [0.1, 0.15) is 0 Å². The number of carbonyl (C=O) groups is 1. The molecule has 1 aliphatic rings. The Balaban J connectivity index is 1.49. The van der Waals surface area contributed by atoms with Gasteiger partial charge in [0.05, 0.1) is 6.10 Å². The third-order valence-corrected chi connectivity index (χ3v) is 4.22. The van der Waals surface area contributed by atoms with Crippen LogP contribution in [0.3, 0.4) is 0 Å². The van der Waals surface area contributed by atoms with Crippen LogP contribution in [0.25, 0.3) is 11.5 Å². The van der Waals surface area contributed by atoms with E-state index in [1.54, 1.807) is 19.1 Å². The van der Waals surface area contributed by atoms with E-state index in [1.807, 2.05) is 12.1 Å². The molecule has 1 aromatic heterocycles. The van der Waals surface area contributed by atoms with Gasteiger partial charge in [0, 0.05) is 24.7 Å². The van der Waals surface area contributed by atoms with Crippen LogP contribution in [0.4, 0.5) is 10.5 Å². The van der Waals surface area contributed by atoms with Crippen LogP contribution in [0.1, 0.15) is 31.6 Å². The molecular weight excluding hydrogens is 308 g/mol. The molecule has 3 N–H and O–H groups in total. The van der Waals surface area contributed by atoms with Crippen molar-refractivity contribution in [1.29, 1.82) is 0 Å². The Morgan fingerprint density at radius 2 is 2.08 bits per heavy atom. The molecule has 1 aromatic carbocycles. The normalized spacial score (nSPS) is 20.6. The number of nitrogens with one attached hydrogen (secondary N) is 2. The predicted molar refractivity (Wildman–Crippen MR) is 89.5 cm³/mol. The first-order chi connectivity index (χ1) is 11.6. The zero-order chi connectivity index (χ0) is 16.9. The van der Waals surface area contributed by atoms with E-state index < -0.39 is 0 Å². The Morgan fingerprint density at radius 1 is 1.29 bits per heavy atom. The number of anilines is 1. The first kappa shape index (κ1) is 16.4. The second-order valence-electron chi connectivity index (χ2n) is 6.23. The zero-order valence-corrected chi connectivity index (χ0v) is 13.7. The molecule has 128 valence electrons. The quantitative estimate of drug-likeness (QED) is 0.800. The Morgan fingerprint density at radius 3 is 2.75 bits per heavy atom. The van der Waals surface area contributed by atoms with Gasteiger partial charge < -0.3 is 20.2 Å². The number of nitrogens with zero attached hydrogens (tertiary/aromatic N) is 2. The molecule has 1 aliphatic carbocycles. The van der Waals surface area contributed by atoms with Crippen LogP contribution in [0, 0.1) is 12.8 Å². The average Bonchev–Trinajstić information content (AvgIpc) is 3.00. The summed E-state index contributed by atoms with van der Waals surface area (Å²) in [5, 5.41) is 23.1. The number of urea groups is 1. The third kappa shape index (κ3) is 4.32. The van der Waals surface area contributed by atoms with Crippen LogP contribution in [-0.2, 0) is 0 Å². The van der Waals surface area contributed by atoms with Crippen molar-refractivity contribution in [3.8, 4) is 11.5 Å². The fourth-order valence-electron chi connectivity index (χ4n) is 2.97. The van der Waals surface area contributed by atoms with Gasteiger partial charge in [-0.05, 0) is 49.4 Å². The third-order valence-electron chi connectivity index (χ3n) is 4.22. The molecule has 2 amide bonds. The van der Waals surface area contributed by atoms with Gasteiger partial charge in [0.15, 0.2) is 0 Å². The number of carbonyl (C=O) groups excluding carboxylic acids is 1. The smallest absolute Gasteiger partial charge is 0.319 e. The van der Waals surface area contributed by atoms with E-state index in [0.29, 0.717) is 29.9 Å². The monoisotopic (exact) mass is 330 g/mol. The summed E-state index contributed by atoms with van der Waals surface area (Å²) in [6.07, 6.45) is 3.48. The molecular formula is C17H22N4O3. The van der Waals surface area contributed by atoms with Crippen LogP contribution in [0.2, 0.25) is 0 Å². The maximum Gasteiger partial charge on any atom is 0.319 e. The minimum Gasteiger partial charge on any atom is -0.421 e. The molecule has 0 saturated heterocycles. The lowest BCUT2D eigenvalue weighted by molar-refractivity contribution is 0.101. The van der Waals surface area contributed by atoms with E-state index in [-0.39, 0.29) is 12.1 Å². The Bertz CT molecular complexity index is 683. The van der Waals surface area contributed by atoms with Crippen LogP contribution < -0.4 is 10.6 Å². The van der Waals surface area contributed by atoms with Crippen LogP contribution in [-0.4, -0.2) is 34.0 Å². The fraction of sp³-hybridized carbons (Fsp3) is 0.471. The highest BCUT2D eigenvalue weighted by molar-refractivity contribution is 5.89. The number of amides is 2. The first-order valence-electron chi connectivity index (χ1n) is 8.23. The van der Waals surface area contributed by atoms with Crippen molar-refractivity contribution in [2.45, 2.75) is 38.7 Å². The largest absolute Gasteiger partial charge is 0.421 e.